The summed E-state index contributed by atoms with van der Waals surface area (Å²) >= 11 is 0. The number of methoxy groups -OCH3 is 2. The quantitative estimate of drug-likeness (QED) is 0.797. The molecule has 16 heavy (non-hydrogen) atoms. The highest BCUT2D eigenvalue weighted by Gasteiger charge is 2.25. The van der Waals surface area contributed by atoms with E-state index in [0.29, 0.717) is 0 Å². The number of rotatable bonds is 3. The molecule has 5 nitrogen and oxygen atoms in total. The van der Waals surface area contributed by atoms with E-state index in [9.17, 15) is 13.6 Å². The van der Waals surface area contributed by atoms with Gasteiger partial charge in [-0.1, -0.05) is 0 Å². The first kappa shape index (κ1) is 12.2. The van der Waals surface area contributed by atoms with Crippen LogP contribution in [-0.4, -0.2) is 25.2 Å². The Morgan fingerprint density at radius 1 is 1.50 bits per heavy atom. The van der Waals surface area contributed by atoms with Gasteiger partial charge in [0.1, 0.15) is 17.1 Å². The van der Waals surface area contributed by atoms with Crippen LogP contribution in [0.2, 0.25) is 0 Å². The molecule has 0 unspecified atom stereocenters. The van der Waals surface area contributed by atoms with Crippen LogP contribution >= 0.6 is 0 Å². The number of nitrogens with two attached hydrogens (primary N) is 1. The first-order valence-corrected chi connectivity index (χ1v) is 4.21. The minimum atomic E-state index is -2.81. The number of anilines is 1. The number of aromatic nitrogens is 1. The third-order valence-corrected chi connectivity index (χ3v) is 1.92. The molecule has 0 bridgehead atoms. The van der Waals surface area contributed by atoms with E-state index < -0.39 is 18.0 Å². The molecule has 0 spiro atoms. The van der Waals surface area contributed by atoms with E-state index in [-0.39, 0.29) is 17.1 Å². The zero-order valence-corrected chi connectivity index (χ0v) is 8.66. The molecule has 88 valence electrons. The maximum Gasteiger partial charge on any atom is 0.345 e. The smallest absolute Gasteiger partial charge is 0.345 e. The maximum absolute atomic E-state index is 12.6. The Bertz CT molecular complexity index is 410. The number of pyridine rings is 1. The van der Waals surface area contributed by atoms with E-state index in [1.54, 1.807) is 0 Å². The lowest BCUT2D eigenvalue weighted by atomic mass is 10.1. The van der Waals surface area contributed by atoms with Crippen LogP contribution in [0.15, 0.2) is 6.20 Å². The molecule has 1 heterocycles. The number of carbonyl (C=O) groups excluding carboxylic acids is 1. The van der Waals surface area contributed by atoms with Crippen molar-refractivity contribution in [2.45, 2.75) is 6.43 Å². The Morgan fingerprint density at radius 3 is 2.56 bits per heavy atom. The van der Waals surface area contributed by atoms with Gasteiger partial charge in [0, 0.05) is 6.20 Å². The van der Waals surface area contributed by atoms with Gasteiger partial charge in [-0.05, 0) is 0 Å². The number of hydrogen-bond donors (Lipinski definition) is 1. The standard InChI is InChI=1S/C9H10F2N2O3/c1-15-6-4(7(10)11)3-13-8(12)5(6)9(14)16-2/h3,7H,1-2H3,(H2,12,13). The minimum absolute atomic E-state index is 0.215. The van der Waals surface area contributed by atoms with Gasteiger partial charge in [0.25, 0.3) is 6.43 Å². The summed E-state index contributed by atoms with van der Waals surface area (Å²) in [5, 5.41) is 0. The monoisotopic (exact) mass is 232 g/mol. The zero-order valence-electron chi connectivity index (χ0n) is 8.66. The molecule has 0 saturated carbocycles. The summed E-state index contributed by atoms with van der Waals surface area (Å²) in [5.74, 6) is -1.40. The van der Waals surface area contributed by atoms with Gasteiger partial charge in [-0.25, -0.2) is 18.6 Å². The Kier molecular flexibility index (Phi) is 3.60. The second-order valence-corrected chi connectivity index (χ2v) is 2.80. The average Bonchev–Trinajstić information content (AvgIpc) is 2.26. The third kappa shape index (κ3) is 2.02. The molecule has 0 aliphatic rings. The molecule has 0 aromatic carbocycles. The summed E-state index contributed by atoms with van der Waals surface area (Å²) in [7, 11) is 2.27. The fourth-order valence-corrected chi connectivity index (χ4v) is 1.20. The van der Waals surface area contributed by atoms with Crippen LogP contribution in [0, 0.1) is 0 Å². The molecule has 2 N–H and O–H groups in total. The molecule has 0 amide bonds. The highest BCUT2D eigenvalue weighted by Crippen LogP contribution is 2.34. The van der Waals surface area contributed by atoms with Crippen LogP contribution in [0.4, 0.5) is 14.6 Å². The number of hydrogen-bond acceptors (Lipinski definition) is 5. The van der Waals surface area contributed by atoms with Crippen molar-refractivity contribution in [3.8, 4) is 5.75 Å². The second-order valence-electron chi connectivity index (χ2n) is 2.80. The maximum atomic E-state index is 12.6. The molecule has 7 heteroatoms. The predicted molar refractivity (Wildman–Crippen MR) is 51.5 cm³/mol. The molecule has 1 aromatic rings. The van der Waals surface area contributed by atoms with Gasteiger partial charge in [-0.3, -0.25) is 0 Å². The largest absolute Gasteiger partial charge is 0.495 e. The van der Waals surface area contributed by atoms with E-state index in [4.69, 9.17) is 10.5 Å². The summed E-state index contributed by atoms with van der Waals surface area (Å²) in [5.41, 5.74) is 4.61. The zero-order chi connectivity index (χ0) is 12.3. The number of ether oxygens (including phenoxy) is 2. The molecular weight excluding hydrogens is 222 g/mol. The Hall–Kier alpha value is -1.92. The van der Waals surface area contributed by atoms with Crippen LogP contribution in [0.3, 0.4) is 0 Å². The summed E-state index contributed by atoms with van der Waals surface area (Å²) in [4.78, 5) is 14.8. The Labute approximate surface area is 90.2 Å². The molecule has 0 fully saturated rings. The normalized spacial score (nSPS) is 10.3. The molecule has 0 aliphatic carbocycles. The van der Waals surface area contributed by atoms with E-state index >= 15 is 0 Å². The lowest BCUT2D eigenvalue weighted by Crippen LogP contribution is -2.11. The van der Waals surface area contributed by atoms with Crippen LogP contribution in [0.25, 0.3) is 0 Å². The SMILES string of the molecule is COC(=O)c1c(N)ncc(C(F)F)c1OC. The molecule has 0 atom stereocenters. The fraction of sp³-hybridized carbons (Fsp3) is 0.333. The number of nitrogens with zero attached hydrogens (tertiary/aromatic N) is 1. The average molecular weight is 232 g/mol. The number of nitrogen functional groups attached to an aromatic ring is 1. The first-order chi connectivity index (χ1) is 7.52. The van der Waals surface area contributed by atoms with Crippen molar-refractivity contribution in [1.82, 2.24) is 4.98 Å². The van der Waals surface area contributed by atoms with Crippen molar-refractivity contribution < 1.29 is 23.0 Å². The highest BCUT2D eigenvalue weighted by atomic mass is 19.3. The van der Waals surface area contributed by atoms with Crippen molar-refractivity contribution in [1.29, 1.82) is 0 Å². The summed E-state index contributed by atoms with van der Waals surface area (Å²) in [6, 6.07) is 0. The first-order valence-electron chi connectivity index (χ1n) is 4.21. The summed E-state index contributed by atoms with van der Waals surface area (Å²) in [6.07, 6.45) is -1.95. The fourth-order valence-electron chi connectivity index (χ4n) is 1.20. The van der Waals surface area contributed by atoms with Crippen molar-refractivity contribution >= 4 is 11.8 Å². The number of halogens is 2. The minimum Gasteiger partial charge on any atom is -0.495 e. The summed E-state index contributed by atoms with van der Waals surface area (Å²) < 4.78 is 34.3. The number of alkyl halides is 2. The molecule has 1 aromatic heterocycles. The van der Waals surface area contributed by atoms with Gasteiger partial charge in [0.05, 0.1) is 19.8 Å². The van der Waals surface area contributed by atoms with E-state index in [0.717, 1.165) is 20.4 Å². The number of esters is 1. The van der Waals surface area contributed by atoms with E-state index in [2.05, 4.69) is 9.72 Å². The van der Waals surface area contributed by atoms with E-state index in [1.807, 2.05) is 0 Å². The predicted octanol–water partition coefficient (Wildman–Crippen LogP) is 1.40. The molecule has 0 radical (unpaired) electrons. The third-order valence-electron chi connectivity index (χ3n) is 1.92. The van der Waals surface area contributed by atoms with Gasteiger partial charge in [0.15, 0.2) is 0 Å². The van der Waals surface area contributed by atoms with Gasteiger partial charge >= 0.3 is 5.97 Å². The highest BCUT2D eigenvalue weighted by molar-refractivity contribution is 5.97. The summed E-state index contributed by atoms with van der Waals surface area (Å²) in [6.45, 7) is 0. The number of carbonyl (C=O) groups is 1. The Balaban J connectivity index is 3.44. The van der Waals surface area contributed by atoms with Crippen LogP contribution in [0.5, 0.6) is 5.75 Å². The van der Waals surface area contributed by atoms with Crippen molar-refractivity contribution in [2.24, 2.45) is 0 Å². The second kappa shape index (κ2) is 4.73. The van der Waals surface area contributed by atoms with Gasteiger partial charge in [-0.15, -0.1) is 0 Å². The topological polar surface area (TPSA) is 74.4 Å². The lowest BCUT2D eigenvalue weighted by Gasteiger charge is -2.12. The molecule has 1 rings (SSSR count). The van der Waals surface area contributed by atoms with Gasteiger partial charge in [0.2, 0.25) is 0 Å². The molecular formula is C9H10F2N2O3. The lowest BCUT2D eigenvalue weighted by molar-refractivity contribution is 0.0597. The van der Waals surface area contributed by atoms with Crippen LogP contribution < -0.4 is 10.5 Å². The Morgan fingerprint density at radius 2 is 2.12 bits per heavy atom. The van der Waals surface area contributed by atoms with Crippen molar-refractivity contribution in [3.05, 3.63) is 17.3 Å². The van der Waals surface area contributed by atoms with Gasteiger partial charge < -0.3 is 15.2 Å². The van der Waals surface area contributed by atoms with E-state index in [1.165, 1.54) is 0 Å². The van der Waals surface area contributed by atoms with Crippen LogP contribution in [0.1, 0.15) is 22.3 Å². The van der Waals surface area contributed by atoms with Crippen molar-refractivity contribution in [3.63, 3.8) is 0 Å². The van der Waals surface area contributed by atoms with Gasteiger partial charge in [-0.2, -0.15) is 0 Å². The van der Waals surface area contributed by atoms with Crippen LogP contribution in [-0.2, 0) is 4.74 Å². The molecule has 0 saturated heterocycles. The molecule has 0 aliphatic heterocycles. The van der Waals surface area contributed by atoms with Crippen molar-refractivity contribution in [2.75, 3.05) is 20.0 Å².